The molecule has 12 fully saturated rings. The summed E-state index contributed by atoms with van der Waals surface area (Å²) in [6.07, 6.45) is -68.5. The summed E-state index contributed by atoms with van der Waals surface area (Å²) in [6, 6.07) is 0. The molecule has 0 amide bonds. The van der Waals surface area contributed by atoms with Crippen LogP contribution in [0.25, 0.3) is 0 Å². The number of aldehydes is 1. The van der Waals surface area contributed by atoms with Crippen molar-refractivity contribution in [3.05, 3.63) is 11.6 Å². The maximum absolute atomic E-state index is 15.9. The van der Waals surface area contributed by atoms with Gasteiger partial charge in [-0.2, -0.15) is 0 Å². The van der Waals surface area contributed by atoms with Gasteiger partial charge in [-0.25, -0.2) is 4.79 Å². The van der Waals surface area contributed by atoms with Crippen LogP contribution in [0.4, 0.5) is 0 Å². The molecule has 5 aliphatic carbocycles. The van der Waals surface area contributed by atoms with E-state index in [0.717, 1.165) is 11.9 Å². The van der Waals surface area contributed by atoms with Crippen LogP contribution < -0.4 is 0 Å². The van der Waals surface area contributed by atoms with Crippen molar-refractivity contribution in [3.63, 3.8) is 0 Å². The number of carbonyl (C=O) groups is 3. The third-order valence-corrected chi connectivity index (χ3v) is 29.0. The molecule has 0 unspecified atom stereocenters. The highest BCUT2D eigenvalue weighted by Crippen LogP contribution is 2.76. The predicted octanol–water partition coefficient (Wildman–Crippen LogP) is -8.13. The number of aliphatic hydroxyl groups is 21. The van der Waals surface area contributed by atoms with Crippen molar-refractivity contribution in [1.29, 1.82) is 0 Å². The van der Waals surface area contributed by atoms with Crippen LogP contribution in [0.1, 0.15) is 120 Å². The number of aliphatic carboxylic acids is 1. The fourth-order valence-corrected chi connectivity index (χ4v) is 21.5. The molecule has 0 bridgehead atoms. The van der Waals surface area contributed by atoms with Crippen molar-refractivity contribution in [2.45, 2.75) is 359 Å². The van der Waals surface area contributed by atoms with E-state index in [1.807, 2.05) is 0 Å². The highest BCUT2D eigenvalue weighted by atomic mass is 16.8. The lowest BCUT2D eigenvalue weighted by Gasteiger charge is -2.71. The molecule has 0 aromatic rings. The van der Waals surface area contributed by atoms with Crippen molar-refractivity contribution in [3.8, 4) is 0 Å². The topological polar surface area (TPSA) is 644 Å². The van der Waals surface area contributed by atoms with E-state index in [9.17, 15) is 122 Å². The van der Waals surface area contributed by atoms with E-state index in [4.69, 9.17) is 75.8 Å². The number of esters is 1. The number of hydrogen-bond acceptors (Lipinski definition) is 40. The lowest BCUT2D eigenvalue weighted by atomic mass is 9.33. The molecule has 0 spiro atoms. The molecule has 670 valence electrons. The summed E-state index contributed by atoms with van der Waals surface area (Å²) in [6.45, 7) is 11.0. The van der Waals surface area contributed by atoms with Crippen LogP contribution in [0, 0.1) is 50.2 Å². The number of fused-ring (bicyclic) bond motifs is 7. The molecule has 8 heterocycles. The number of carboxylic acid groups (broad SMARTS) is 1. The zero-order valence-electron chi connectivity index (χ0n) is 66.1. The molecule has 13 aliphatic rings. The van der Waals surface area contributed by atoms with Gasteiger partial charge in [0.1, 0.15) is 165 Å². The molecule has 13 rings (SSSR count). The van der Waals surface area contributed by atoms with E-state index in [0.29, 0.717) is 51.4 Å². The van der Waals surface area contributed by atoms with Crippen molar-refractivity contribution in [2.75, 3.05) is 33.0 Å². The predicted molar refractivity (Wildman–Crippen MR) is 379 cm³/mol. The molecule has 47 atom stereocenters. The number of rotatable bonds is 21. The lowest BCUT2D eigenvalue weighted by molar-refractivity contribution is -0.414. The number of ether oxygens (including phenoxy) is 16. The number of hydrogen-bond donors (Lipinski definition) is 22. The van der Waals surface area contributed by atoms with Crippen LogP contribution in [-0.4, -0.2) is 403 Å². The molecule has 117 heavy (non-hydrogen) atoms. The second-order valence-corrected chi connectivity index (χ2v) is 36.3. The largest absolute Gasteiger partial charge is 0.479 e. The highest BCUT2D eigenvalue weighted by molar-refractivity contribution is 5.79. The van der Waals surface area contributed by atoms with Gasteiger partial charge < -0.3 is 193 Å². The maximum atomic E-state index is 15.9. The Hall–Kier alpha value is -3.09. The summed E-state index contributed by atoms with van der Waals surface area (Å²) in [7, 11) is 0. The minimum absolute atomic E-state index is 0.00873. The molecule has 0 radical (unpaired) electrons. The minimum atomic E-state index is -2.45. The molecular formula is C76H120O41. The molecule has 41 nitrogen and oxygen atoms in total. The van der Waals surface area contributed by atoms with Gasteiger partial charge in [-0.3, -0.25) is 4.79 Å². The number of carboxylic acids is 1. The monoisotopic (exact) mass is 1690 g/mol. The van der Waals surface area contributed by atoms with Crippen molar-refractivity contribution in [1.82, 2.24) is 0 Å². The smallest absolute Gasteiger partial charge is 0.335 e. The van der Waals surface area contributed by atoms with E-state index in [1.54, 1.807) is 6.92 Å². The Labute approximate surface area is 672 Å². The summed E-state index contributed by atoms with van der Waals surface area (Å²) in [4.78, 5) is 44.6. The van der Waals surface area contributed by atoms with E-state index in [1.165, 1.54) is 13.8 Å². The molecule has 0 aromatic heterocycles. The van der Waals surface area contributed by atoms with Gasteiger partial charge in [0, 0.05) is 0 Å². The Balaban J connectivity index is 0.808. The van der Waals surface area contributed by atoms with Crippen LogP contribution in [0.5, 0.6) is 0 Å². The average Bonchev–Trinajstić information content (AvgIpc) is 0.672. The first-order chi connectivity index (χ1) is 55.0. The second kappa shape index (κ2) is 35.0. The fraction of sp³-hybridized carbons (Fsp3) is 0.934. The Morgan fingerprint density at radius 2 is 0.872 bits per heavy atom. The standard InChI is InChI=1S/C76H120O41/c1-26-38(83)47(92)54(111-64-52(97)45(90)42(87)32(20-77)106-64)66(104-26)112-55-48(93)39(84)27(2)105-67(55)117-70(101)76-17-15-71(3,4)19-29(76)28-9-10-36-72(5)13-12-37(73(6,25-80)35(72)11-14-75(36,8)74(28,7)16-18-76)109-69-60(116-63-51(96)41(86)31(82)24-103-63)58(57(59(115-69)61(99)100)113-65-53(98)46(91)43(88)33(21-78)107-65)114-68-56(49(94)44(89)34(22-79)108-68)110-62-50(95)40(85)30(81)23-102-62/h9,25-27,29-60,62-69,77-79,81-98H,10-24H2,1-8H3,(H,99,100)/t26-,27+,29+,30-,31+,32+,33-,34-,35-,36+,37+,38-,39-,40+,41-,42+,43+,44+,45-,46+,47-,48-,49+,50-,51+,52+,53-,54+,55+,56-,57+,58+,59+,60-,62+,63-,64-,65+,66-,67+,68+,69-,72+,73+,74-,75-,76+/m1/s1. The first-order valence-electron chi connectivity index (χ1n) is 40.4. The van der Waals surface area contributed by atoms with Crippen LogP contribution in [-0.2, 0) is 90.2 Å². The fourth-order valence-electron chi connectivity index (χ4n) is 21.5. The van der Waals surface area contributed by atoms with Gasteiger partial charge >= 0.3 is 11.9 Å². The Morgan fingerprint density at radius 3 is 1.40 bits per heavy atom. The number of carbonyl (C=O) groups excluding carboxylic acids is 2. The Morgan fingerprint density at radius 1 is 0.436 bits per heavy atom. The van der Waals surface area contributed by atoms with E-state index < -0.39 is 323 Å². The van der Waals surface area contributed by atoms with Crippen molar-refractivity contribution in [2.24, 2.45) is 50.2 Å². The minimum Gasteiger partial charge on any atom is -0.479 e. The highest BCUT2D eigenvalue weighted by Gasteiger charge is 2.72. The van der Waals surface area contributed by atoms with Gasteiger partial charge in [-0.15, -0.1) is 0 Å². The summed E-state index contributed by atoms with van der Waals surface area (Å²) >= 11 is 0. The zero-order chi connectivity index (χ0) is 85.3. The molecule has 8 saturated heterocycles. The van der Waals surface area contributed by atoms with Crippen LogP contribution in [0.2, 0.25) is 0 Å². The summed E-state index contributed by atoms with van der Waals surface area (Å²) in [5.41, 5.74) is -4.13. The Kier molecular flexibility index (Phi) is 27.4. The first-order valence-corrected chi connectivity index (χ1v) is 40.4. The van der Waals surface area contributed by atoms with Crippen molar-refractivity contribution < 1.29 is 203 Å². The zero-order valence-corrected chi connectivity index (χ0v) is 66.1. The molecular weight excluding hydrogens is 1570 g/mol. The summed E-state index contributed by atoms with van der Waals surface area (Å²) in [5, 5.41) is 242. The van der Waals surface area contributed by atoms with E-state index in [2.05, 4.69) is 40.7 Å². The summed E-state index contributed by atoms with van der Waals surface area (Å²) in [5.74, 6) is -3.86. The first kappa shape index (κ1) is 91.6. The van der Waals surface area contributed by atoms with Gasteiger partial charge in [-0.1, -0.05) is 53.2 Å². The lowest BCUT2D eigenvalue weighted by Crippen LogP contribution is -2.70. The quantitative estimate of drug-likeness (QED) is 0.0220. The molecule has 0 aromatic carbocycles. The van der Waals surface area contributed by atoms with Crippen molar-refractivity contribution >= 4 is 18.2 Å². The van der Waals surface area contributed by atoms with Crippen LogP contribution in [0.3, 0.4) is 0 Å². The molecule has 4 saturated carbocycles. The molecule has 8 aliphatic heterocycles. The van der Waals surface area contributed by atoms with Gasteiger partial charge in [0.15, 0.2) is 56.2 Å². The van der Waals surface area contributed by atoms with Gasteiger partial charge in [0.25, 0.3) is 0 Å². The maximum Gasteiger partial charge on any atom is 0.335 e. The molecule has 41 heteroatoms. The van der Waals surface area contributed by atoms with Crippen LogP contribution in [0.15, 0.2) is 11.6 Å². The summed E-state index contributed by atoms with van der Waals surface area (Å²) < 4.78 is 98.4. The van der Waals surface area contributed by atoms with E-state index >= 15 is 4.79 Å². The normalized spacial score (nSPS) is 54.6. The number of allylic oxidation sites excluding steroid dienone is 2. The third-order valence-electron chi connectivity index (χ3n) is 29.0. The van der Waals surface area contributed by atoms with Gasteiger partial charge in [-0.05, 0) is 117 Å². The van der Waals surface area contributed by atoms with Gasteiger partial charge in [0.05, 0.1) is 62.2 Å². The van der Waals surface area contributed by atoms with Crippen LogP contribution >= 0.6 is 0 Å². The van der Waals surface area contributed by atoms with E-state index in [-0.39, 0.29) is 24.2 Å². The van der Waals surface area contributed by atoms with Gasteiger partial charge in [0.2, 0.25) is 6.29 Å². The second-order valence-electron chi connectivity index (χ2n) is 36.3. The average molecular weight is 1690 g/mol. The SMILES string of the molecule is C[C@@H]1O[C@@H](OC(=O)[C@]23CCC(C)(C)C[C@H]2C2=CC[C@H]4[C@@]5(C)CC[C@H](O[C@@H]6O[C@H](C(=O)O)[C@@H](O[C@@H]7O[C@H](CO)[C@H](O)[C@H](O)[C@H]7O)[C@H](O[C@@H]7O[C@H](CO)[C@H](O)[C@H](O)[C@H]7O[C@@H]7OC[C@@H](O)[C@H](O)[C@H]7O)[C@H]6O[C@H]6OC[C@H](O)[C@@H](O)[C@@H]6O)[C@@](C)(C=O)[C@@H]5CC[C@@]4(C)[C@]2(C)CC3)[C@@H](O[C@H]2O[C@H](C)[C@@H](O)[C@@H](O)[C@@H]2O[C@H]2O[C@@H](CO)[C@H](O)[C@@H](O)[C@@H]2O)[C@H](O)[C@@H]1O. The third kappa shape index (κ3) is 16.2. The Bertz CT molecular complexity index is 3440. The number of aliphatic hydroxyl groups excluding tert-OH is 21. The molecule has 22 N–H and O–H groups in total.